The summed E-state index contributed by atoms with van der Waals surface area (Å²) in [5.74, 6) is 1.20. The zero-order valence-electron chi connectivity index (χ0n) is 18.9. The molecular weight excluding hydrogens is 418 g/mol. The molecule has 0 bridgehead atoms. The fraction of sp³-hybridized carbons (Fsp3) is 0.360. The number of aryl methyl sites for hydroxylation is 1. The van der Waals surface area contributed by atoms with E-state index in [1.165, 1.54) is 5.56 Å². The molecule has 1 aliphatic heterocycles. The van der Waals surface area contributed by atoms with Crippen LogP contribution in [-0.4, -0.2) is 64.5 Å². The molecule has 1 saturated heterocycles. The molecule has 1 N–H and O–H groups in total. The van der Waals surface area contributed by atoms with Crippen molar-refractivity contribution in [3.8, 4) is 11.4 Å². The second-order valence-electron chi connectivity index (χ2n) is 8.26. The van der Waals surface area contributed by atoms with Crippen molar-refractivity contribution in [2.45, 2.75) is 26.3 Å². The largest absolute Gasteiger partial charge is 0.352 e. The summed E-state index contributed by atoms with van der Waals surface area (Å²) in [6.45, 7) is 5.98. The van der Waals surface area contributed by atoms with Crippen molar-refractivity contribution in [1.29, 1.82) is 0 Å². The Morgan fingerprint density at radius 1 is 1.00 bits per heavy atom. The van der Waals surface area contributed by atoms with Crippen molar-refractivity contribution in [2.75, 3.05) is 32.7 Å². The Labute approximate surface area is 193 Å². The number of hydrogen-bond donors (Lipinski definition) is 1. The lowest BCUT2D eigenvalue weighted by atomic mass is 10.1. The van der Waals surface area contributed by atoms with Crippen LogP contribution in [0.3, 0.4) is 0 Å². The maximum Gasteiger partial charge on any atom is 0.251 e. The van der Waals surface area contributed by atoms with Crippen LogP contribution in [-0.2, 0) is 11.3 Å². The average Bonchev–Trinajstić information content (AvgIpc) is 3.31. The highest BCUT2D eigenvalue weighted by Gasteiger charge is 2.22. The fourth-order valence-electron chi connectivity index (χ4n) is 3.78. The maximum atomic E-state index is 12.5. The third kappa shape index (κ3) is 6.26. The van der Waals surface area contributed by atoms with Crippen LogP contribution in [0.4, 0.5) is 0 Å². The van der Waals surface area contributed by atoms with Crippen LogP contribution in [0.2, 0.25) is 0 Å². The number of hydrogen-bond acceptors (Lipinski definition) is 6. The quantitative estimate of drug-likeness (QED) is 0.534. The van der Waals surface area contributed by atoms with E-state index in [9.17, 15) is 9.59 Å². The first-order chi connectivity index (χ1) is 16.1. The van der Waals surface area contributed by atoms with Gasteiger partial charge in [0.2, 0.25) is 17.6 Å². The molecule has 2 heterocycles. The highest BCUT2D eigenvalue weighted by Crippen LogP contribution is 2.17. The number of piperazine rings is 1. The summed E-state index contributed by atoms with van der Waals surface area (Å²) >= 11 is 0. The number of carbonyl (C=O) groups is 2. The third-order valence-electron chi connectivity index (χ3n) is 5.75. The monoisotopic (exact) mass is 447 g/mol. The van der Waals surface area contributed by atoms with Gasteiger partial charge in [0, 0.05) is 50.3 Å². The molecule has 1 fully saturated rings. The predicted octanol–water partition coefficient (Wildman–Crippen LogP) is 2.90. The van der Waals surface area contributed by atoms with Crippen molar-refractivity contribution in [3.63, 3.8) is 0 Å². The molecule has 0 saturated carbocycles. The molecule has 0 radical (unpaired) electrons. The van der Waals surface area contributed by atoms with Crippen molar-refractivity contribution in [2.24, 2.45) is 0 Å². The molecule has 0 atom stereocenters. The van der Waals surface area contributed by atoms with E-state index < -0.39 is 0 Å². The Hall–Kier alpha value is -3.52. The summed E-state index contributed by atoms with van der Waals surface area (Å²) in [7, 11) is 0. The molecule has 0 aliphatic carbocycles. The van der Waals surface area contributed by atoms with E-state index in [0.29, 0.717) is 56.3 Å². The van der Waals surface area contributed by atoms with Crippen molar-refractivity contribution >= 4 is 11.8 Å². The molecule has 0 unspecified atom stereocenters. The lowest BCUT2D eigenvalue weighted by molar-refractivity contribution is -0.133. The zero-order valence-corrected chi connectivity index (χ0v) is 18.9. The summed E-state index contributed by atoms with van der Waals surface area (Å²) in [4.78, 5) is 33.2. The van der Waals surface area contributed by atoms with Crippen LogP contribution in [0.25, 0.3) is 11.4 Å². The number of aromatic nitrogens is 2. The Balaban J connectivity index is 1.16. The van der Waals surface area contributed by atoms with Gasteiger partial charge >= 0.3 is 0 Å². The molecule has 2 amide bonds. The van der Waals surface area contributed by atoms with Gasteiger partial charge in [-0.05, 0) is 25.5 Å². The van der Waals surface area contributed by atoms with E-state index >= 15 is 0 Å². The van der Waals surface area contributed by atoms with Gasteiger partial charge in [0.15, 0.2) is 0 Å². The summed E-state index contributed by atoms with van der Waals surface area (Å²) in [6, 6.07) is 17.1. The number of carbonyl (C=O) groups excluding carboxylic acids is 2. The van der Waals surface area contributed by atoms with Crippen LogP contribution >= 0.6 is 0 Å². The first-order valence-corrected chi connectivity index (χ1v) is 11.3. The maximum absolute atomic E-state index is 12.5. The van der Waals surface area contributed by atoms with Crippen molar-refractivity contribution < 1.29 is 14.1 Å². The van der Waals surface area contributed by atoms with Gasteiger partial charge in [-0.2, -0.15) is 4.98 Å². The lowest BCUT2D eigenvalue weighted by Crippen LogP contribution is -2.48. The highest BCUT2D eigenvalue weighted by atomic mass is 16.5. The minimum atomic E-state index is -0.108. The minimum Gasteiger partial charge on any atom is -0.352 e. The molecule has 33 heavy (non-hydrogen) atoms. The van der Waals surface area contributed by atoms with E-state index in [4.69, 9.17) is 4.52 Å². The van der Waals surface area contributed by atoms with E-state index in [1.54, 1.807) is 12.1 Å². The zero-order chi connectivity index (χ0) is 23.0. The van der Waals surface area contributed by atoms with Gasteiger partial charge in [-0.25, -0.2) is 0 Å². The molecule has 3 aromatic rings. The lowest BCUT2D eigenvalue weighted by Gasteiger charge is -2.34. The highest BCUT2D eigenvalue weighted by molar-refractivity contribution is 5.94. The third-order valence-corrected chi connectivity index (χ3v) is 5.75. The van der Waals surface area contributed by atoms with Gasteiger partial charge in [-0.1, -0.05) is 53.2 Å². The molecule has 8 heteroatoms. The second-order valence-corrected chi connectivity index (χ2v) is 8.26. The van der Waals surface area contributed by atoms with Gasteiger partial charge in [0.05, 0.1) is 6.54 Å². The first kappa shape index (κ1) is 22.7. The molecule has 2 aromatic carbocycles. The van der Waals surface area contributed by atoms with Gasteiger partial charge in [0.1, 0.15) is 0 Å². The van der Waals surface area contributed by atoms with Gasteiger partial charge < -0.3 is 14.7 Å². The summed E-state index contributed by atoms with van der Waals surface area (Å²) < 4.78 is 5.43. The van der Waals surface area contributed by atoms with Crippen molar-refractivity contribution in [3.05, 3.63) is 71.6 Å². The van der Waals surface area contributed by atoms with Crippen LogP contribution < -0.4 is 5.32 Å². The summed E-state index contributed by atoms with van der Waals surface area (Å²) in [5.41, 5.74) is 2.75. The number of benzene rings is 2. The first-order valence-electron chi connectivity index (χ1n) is 11.3. The Morgan fingerprint density at radius 2 is 1.73 bits per heavy atom. The molecule has 4 rings (SSSR count). The van der Waals surface area contributed by atoms with E-state index in [0.717, 1.165) is 18.7 Å². The van der Waals surface area contributed by atoms with Crippen LogP contribution in [0.15, 0.2) is 59.1 Å². The Kier molecular flexibility index (Phi) is 7.47. The van der Waals surface area contributed by atoms with Crippen LogP contribution in [0, 0.1) is 6.92 Å². The molecular formula is C25H29N5O3. The van der Waals surface area contributed by atoms with Gasteiger partial charge in [-0.3, -0.25) is 14.5 Å². The average molecular weight is 448 g/mol. The molecule has 0 spiro atoms. The fourth-order valence-corrected chi connectivity index (χ4v) is 3.78. The second kappa shape index (κ2) is 10.9. The summed E-state index contributed by atoms with van der Waals surface area (Å²) in [6.07, 6.45) is 1.06. The van der Waals surface area contributed by atoms with Crippen LogP contribution in [0.1, 0.15) is 34.7 Å². The predicted molar refractivity (Wildman–Crippen MR) is 124 cm³/mol. The van der Waals surface area contributed by atoms with Gasteiger partial charge in [-0.15, -0.1) is 0 Å². The molecule has 172 valence electrons. The minimum absolute atomic E-state index is 0.108. The Morgan fingerprint density at radius 3 is 2.45 bits per heavy atom. The number of nitrogens with zero attached hydrogens (tertiary/aromatic N) is 4. The Bertz CT molecular complexity index is 1060. The van der Waals surface area contributed by atoms with E-state index in [2.05, 4.69) is 20.4 Å². The number of rotatable bonds is 8. The smallest absolute Gasteiger partial charge is 0.251 e. The number of nitrogens with one attached hydrogen (secondary N) is 1. The van der Waals surface area contributed by atoms with Crippen molar-refractivity contribution in [1.82, 2.24) is 25.3 Å². The van der Waals surface area contributed by atoms with E-state index in [1.807, 2.05) is 54.3 Å². The normalized spacial score (nSPS) is 14.3. The molecule has 1 aliphatic rings. The van der Waals surface area contributed by atoms with Gasteiger partial charge in [0.25, 0.3) is 5.91 Å². The topological polar surface area (TPSA) is 91.6 Å². The van der Waals surface area contributed by atoms with E-state index in [-0.39, 0.29) is 11.8 Å². The molecule has 1 aromatic heterocycles. The summed E-state index contributed by atoms with van der Waals surface area (Å²) in [5, 5.41) is 6.96. The number of amides is 2. The SMILES string of the molecule is Cc1ccc(-c2noc(CN3CCN(C(=O)CCCNC(=O)c4ccccc4)CC3)n2)cc1. The van der Waals surface area contributed by atoms with Crippen LogP contribution in [0.5, 0.6) is 0 Å². The standard InChI is InChI=1S/C25H29N5O3/c1-19-9-11-20(12-10-19)24-27-22(33-28-24)18-29-14-16-30(17-15-29)23(31)8-5-13-26-25(32)21-6-3-2-4-7-21/h2-4,6-7,9-12H,5,8,13-18H2,1H3,(H,26,32). The molecule has 8 nitrogen and oxygen atoms in total.